The molecule has 3 rings (SSSR count). The number of hydrogen-bond donors (Lipinski definition) is 1. The number of benzene rings is 1. The Morgan fingerprint density at radius 1 is 1.10 bits per heavy atom. The van der Waals surface area contributed by atoms with Crippen molar-refractivity contribution >= 4 is 5.91 Å². The van der Waals surface area contributed by atoms with Crippen molar-refractivity contribution < 1.29 is 23.4 Å². The molecule has 2 aromatic heterocycles. The summed E-state index contributed by atoms with van der Waals surface area (Å²) < 4.78 is 21.9. The van der Waals surface area contributed by atoms with Crippen LogP contribution >= 0.6 is 0 Å². The minimum atomic E-state index is -0.320. The zero-order valence-electron chi connectivity index (χ0n) is 16.5. The van der Waals surface area contributed by atoms with Crippen LogP contribution in [0.3, 0.4) is 0 Å². The Kier molecular flexibility index (Phi) is 7.24. The molecular formula is C22H24N2O5. The van der Waals surface area contributed by atoms with Crippen molar-refractivity contribution in [3.63, 3.8) is 0 Å². The molecule has 0 aliphatic carbocycles. The maximum atomic E-state index is 12.3. The van der Waals surface area contributed by atoms with Crippen LogP contribution in [-0.2, 0) is 17.9 Å². The predicted molar refractivity (Wildman–Crippen MR) is 107 cm³/mol. The first-order valence-corrected chi connectivity index (χ1v) is 9.40. The van der Waals surface area contributed by atoms with Crippen LogP contribution in [-0.4, -0.2) is 24.6 Å². The standard InChI is InChI=1S/C22H24N2O5/c1-3-13-27-17-6-8-18(9-7-17)29-22-16(5-4-12-23-22)14-24-21(25)20-11-10-19(28-20)15-26-2/h4-12H,3,13-15H2,1-2H3,(H,24,25). The minimum Gasteiger partial charge on any atom is -0.494 e. The third-order valence-electron chi connectivity index (χ3n) is 3.97. The van der Waals surface area contributed by atoms with E-state index in [1.54, 1.807) is 31.5 Å². The summed E-state index contributed by atoms with van der Waals surface area (Å²) in [6.45, 7) is 3.30. The van der Waals surface area contributed by atoms with Crippen LogP contribution in [0.25, 0.3) is 0 Å². The average Bonchev–Trinajstić information content (AvgIpc) is 3.21. The maximum Gasteiger partial charge on any atom is 0.287 e. The first kappa shape index (κ1) is 20.4. The predicted octanol–water partition coefficient (Wildman–Crippen LogP) is 4.33. The topological polar surface area (TPSA) is 82.8 Å². The highest BCUT2D eigenvalue weighted by atomic mass is 16.5. The molecule has 1 amide bonds. The lowest BCUT2D eigenvalue weighted by atomic mass is 10.2. The quantitative estimate of drug-likeness (QED) is 0.549. The molecule has 0 aliphatic rings. The van der Waals surface area contributed by atoms with E-state index in [9.17, 15) is 4.79 Å². The molecule has 3 aromatic rings. The fourth-order valence-electron chi connectivity index (χ4n) is 2.57. The van der Waals surface area contributed by atoms with Gasteiger partial charge in [0.25, 0.3) is 5.91 Å². The zero-order chi connectivity index (χ0) is 20.5. The van der Waals surface area contributed by atoms with Crippen molar-refractivity contribution in [3.8, 4) is 17.4 Å². The third-order valence-corrected chi connectivity index (χ3v) is 3.97. The molecule has 1 aromatic carbocycles. The van der Waals surface area contributed by atoms with Crippen molar-refractivity contribution in [2.24, 2.45) is 0 Å². The number of nitrogens with zero attached hydrogens (tertiary/aromatic N) is 1. The van der Waals surface area contributed by atoms with Gasteiger partial charge >= 0.3 is 0 Å². The Morgan fingerprint density at radius 3 is 2.66 bits per heavy atom. The van der Waals surface area contributed by atoms with E-state index in [1.165, 1.54) is 0 Å². The number of nitrogens with one attached hydrogen (secondary N) is 1. The highest BCUT2D eigenvalue weighted by molar-refractivity contribution is 5.91. The van der Waals surface area contributed by atoms with E-state index in [4.69, 9.17) is 18.6 Å². The second kappa shape index (κ2) is 10.3. The third kappa shape index (κ3) is 5.83. The smallest absolute Gasteiger partial charge is 0.287 e. The molecule has 0 atom stereocenters. The second-order valence-electron chi connectivity index (χ2n) is 6.27. The Labute approximate surface area is 169 Å². The number of hydrogen-bond acceptors (Lipinski definition) is 6. The van der Waals surface area contributed by atoms with Crippen molar-refractivity contribution in [2.75, 3.05) is 13.7 Å². The molecule has 29 heavy (non-hydrogen) atoms. The summed E-state index contributed by atoms with van der Waals surface area (Å²) in [5.74, 6) is 2.35. The second-order valence-corrected chi connectivity index (χ2v) is 6.27. The Hall–Kier alpha value is -3.32. The van der Waals surface area contributed by atoms with Crippen LogP contribution in [0.4, 0.5) is 0 Å². The summed E-state index contributed by atoms with van der Waals surface area (Å²) in [4.78, 5) is 16.6. The molecule has 1 N–H and O–H groups in total. The number of rotatable bonds is 10. The van der Waals surface area contributed by atoms with Gasteiger partial charge in [-0.1, -0.05) is 13.0 Å². The van der Waals surface area contributed by atoms with E-state index in [2.05, 4.69) is 17.2 Å². The summed E-state index contributed by atoms with van der Waals surface area (Å²) in [6, 6.07) is 14.3. The Bertz CT molecular complexity index is 921. The Morgan fingerprint density at radius 2 is 1.90 bits per heavy atom. The minimum absolute atomic E-state index is 0.228. The van der Waals surface area contributed by atoms with Gasteiger partial charge in [0.2, 0.25) is 5.88 Å². The summed E-state index contributed by atoms with van der Waals surface area (Å²) in [6.07, 6.45) is 2.59. The van der Waals surface area contributed by atoms with Gasteiger partial charge in [0.1, 0.15) is 23.9 Å². The summed E-state index contributed by atoms with van der Waals surface area (Å²) in [5.41, 5.74) is 0.746. The SMILES string of the molecule is CCCOc1ccc(Oc2ncccc2CNC(=O)c2ccc(COC)o2)cc1. The lowest BCUT2D eigenvalue weighted by molar-refractivity contribution is 0.0914. The molecule has 0 bridgehead atoms. The zero-order valence-corrected chi connectivity index (χ0v) is 16.5. The number of carbonyl (C=O) groups excluding carboxylic acids is 1. The molecule has 7 nitrogen and oxygen atoms in total. The number of carbonyl (C=O) groups is 1. The highest BCUT2D eigenvalue weighted by Crippen LogP contribution is 2.25. The van der Waals surface area contributed by atoms with E-state index >= 15 is 0 Å². The summed E-state index contributed by atoms with van der Waals surface area (Å²) in [7, 11) is 1.57. The van der Waals surface area contributed by atoms with Gasteiger partial charge in [-0.2, -0.15) is 0 Å². The van der Waals surface area contributed by atoms with Gasteiger partial charge in [0, 0.05) is 25.4 Å². The van der Waals surface area contributed by atoms with Gasteiger partial charge in [0.05, 0.1) is 6.61 Å². The molecule has 152 valence electrons. The number of methoxy groups -OCH3 is 1. The van der Waals surface area contributed by atoms with Crippen LogP contribution in [0.5, 0.6) is 17.4 Å². The summed E-state index contributed by atoms with van der Waals surface area (Å²) >= 11 is 0. The largest absolute Gasteiger partial charge is 0.494 e. The number of ether oxygens (including phenoxy) is 3. The molecule has 0 aliphatic heterocycles. The van der Waals surface area contributed by atoms with E-state index in [0.717, 1.165) is 17.7 Å². The van der Waals surface area contributed by atoms with Crippen molar-refractivity contribution in [1.29, 1.82) is 0 Å². The highest BCUT2D eigenvalue weighted by Gasteiger charge is 2.13. The first-order chi connectivity index (χ1) is 14.2. The van der Waals surface area contributed by atoms with E-state index in [0.29, 0.717) is 30.6 Å². The first-order valence-electron chi connectivity index (χ1n) is 9.40. The number of amides is 1. The van der Waals surface area contributed by atoms with Crippen LogP contribution in [0, 0.1) is 0 Å². The van der Waals surface area contributed by atoms with Gasteiger partial charge in [-0.05, 0) is 48.9 Å². The average molecular weight is 396 g/mol. The molecule has 0 unspecified atom stereocenters. The van der Waals surface area contributed by atoms with Gasteiger partial charge < -0.3 is 23.9 Å². The lowest BCUT2D eigenvalue weighted by Crippen LogP contribution is -2.22. The van der Waals surface area contributed by atoms with Crippen molar-refractivity contribution in [1.82, 2.24) is 10.3 Å². The molecule has 0 radical (unpaired) electrons. The number of pyridine rings is 1. The van der Waals surface area contributed by atoms with Crippen molar-refractivity contribution in [2.45, 2.75) is 26.5 Å². The van der Waals surface area contributed by atoms with Crippen molar-refractivity contribution in [3.05, 3.63) is 71.8 Å². The molecular weight excluding hydrogens is 372 g/mol. The van der Waals surface area contributed by atoms with Gasteiger partial charge in [-0.15, -0.1) is 0 Å². The lowest BCUT2D eigenvalue weighted by Gasteiger charge is -2.11. The normalized spacial score (nSPS) is 10.6. The number of aromatic nitrogens is 1. The van der Waals surface area contributed by atoms with Crippen LogP contribution < -0.4 is 14.8 Å². The fraction of sp³-hybridized carbons (Fsp3) is 0.273. The van der Waals surface area contributed by atoms with Gasteiger partial charge in [-0.3, -0.25) is 4.79 Å². The molecule has 0 fully saturated rings. The molecule has 7 heteroatoms. The molecule has 0 spiro atoms. The number of furan rings is 1. The maximum absolute atomic E-state index is 12.3. The van der Waals surface area contributed by atoms with E-state index in [1.807, 2.05) is 30.3 Å². The molecule has 0 saturated heterocycles. The monoisotopic (exact) mass is 396 g/mol. The molecule has 0 saturated carbocycles. The molecule has 2 heterocycles. The Balaban J connectivity index is 1.61. The fourth-order valence-corrected chi connectivity index (χ4v) is 2.57. The van der Waals surface area contributed by atoms with E-state index in [-0.39, 0.29) is 18.2 Å². The van der Waals surface area contributed by atoms with Gasteiger partial charge in [0.15, 0.2) is 5.76 Å². The van der Waals surface area contributed by atoms with Crippen LogP contribution in [0.1, 0.15) is 35.2 Å². The van der Waals surface area contributed by atoms with E-state index < -0.39 is 0 Å². The van der Waals surface area contributed by atoms with Gasteiger partial charge in [-0.25, -0.2) is 4.98 Å². The van der Waals surface area contributed by atoms with Crippen LogP contribution in [0.15, 0.2) is 59.1 Å². The summed E-state index contributed by atoms with van der Waals surface area (Å²) in [5, 5.41) is 2.82. The van der Waals surface area contributed by atoms with Crippen LogP contribution in [0.2, 0.25) is 0 Å².